The lowest BCUT2D eigenvalue weighted by Crippen LogP contribution is -2.38. The van der Waals surface area contributed by atoms with Gasteiger partial charge in [-0.2, -0.15) is 0 Å². The summed E-state index contributed by atoms with van der Waals surface area (Å²) < 4.78 is 10.4. The van der Waals surface area contributed by atoms with Gasteiger partial charge < -0.3 is 20.1 Å². The smallest absolute Gasteiger partial charge is 0.191 e. The molecule has 0 atom stereocenters. The van der Waals surface area contributed by atoms with Gasteiger partial charge in [0.05, 0.1) is 13.2 Å². The van der Waals surface area contributed by atoms with E-state index < -0.39 is 0 Å². The molecule has 24 heavy (non-hydrogen) atoms. The van der Waals surface area contributed by atoms with E-state index in [0.29, 0.717) is 13.2 Å². The molecule has 0 saturated carbocycles. The molecule has 0 heterocycles. The van der Waals surface area contributed by atoms with E-state index in [2.05, 4.69) is 38.3 Å². The van der Waals surface area contributed by atoms with Gasteiger partial charge in [-0.3, -0.25) is 4.99 Å². The highest BCUT2D eigenvalue weighted by Crippen LogP contribution is 2.23. The molecule has 0 rings (SSSR count). The highest BCUT2D eigenvalue weighted by molar-refractivity contribution is 5.79. The maximum Gasteiger partial charge on any atom is 0.191 e. The predicted molar refractivity (Wildman–Crippen MR) is 104 cm³/mol. The number of rotatable bonds is 15. The van der Waals surface area contributed by atoms with Crippen LogP contribution in [0.3, 0.4) is 0 Å². The van der Waals surface area contributed by atoms with Crippen LogP contribution in [0.4, 0.5) is 0 Å². The molecule has 5 nitrogen and oxygen atoms in total. The summed E-state index contributed by atoms with van der Waals surface area (Å²) in [4.78, 5) is 4.77. The van der Waals surface area contributed by atoms with E-state index in [1.165, 1.54) is 25.7 Å². The number of hydrogen-bond donors (Lipinski definition) is 2. The summed E-state index contributed by atoms with van der Waals surface area (Å²) in [5.41, 5.74) is 0.271. The third-order valence-electron chi connectivity index (χ3n) is 3.91. The zero-order valence-corrected chi connectivity index (χ0v) is 16.7. The Kier molecular flexibility index (Phi) is 15.2. The molecule has 144 valence electrons. The third kappa shape index (κ3) is 14.8. The highest BCUT2D eigenvalue weighted by Gasteiger charge is 2.16. The molecule has 2 N–H and O–H groups in total. The highest BCUT2D eigenvalue weighted by atomic mass is 16.5. The summed E-state index contributed by atoms with van der Waals surface area (Å²) in [5.74, 6) is 0.932. The molecular weight excluding hydrogens is 302 g/mol. The van der Waals surface area contributed by atoms with Crippen molar-refractivity contribution >= 4 is 5.96 Å². The molecule has 0 saturated heterocycles. The lowest BCUT2D eigenvalue weighted by molar-refractivity contribution is 0.0689. The summed E-state index contributed by atoms with van der Waals surface area (Å²) >= 11 is 0. The van der Waals surface area contributed by atoms with Gasteiger partial charge >= 0.3 is 0 Å². The Morgan fingerprint density at radius 2 is 1.75 bits per heavy atom. The van der Waals surface area contributed by atoms with Crippen molar-refractivity contribution in [2.45, 2.75) is 66.2 Å². The van der Waals surface area contributed by atoms with Crippen molar-refractivity contribution in [1.29, 1.82) is 0 Å². The van der Waals surface area contributed by atoms with Gasteiger partial charge in [-0.1, -0.05) is 40.0 Å². The van der Waals surface area contributed by atoms with Crippen LogP contribution in [0.25, 0.3) is 0 Å². The molecular formula is C19H41N3O2. The average Bonchev–Trinajstić information content (AvgIpc) is 2.55. The first-order chi connectivity index (χ1) is 11.6. The van der Waals surface area contributed by atoms with Gasteiger partial charge in [-0.15, -0.1) is 0 Å². The Bertz CT molecular complexity index is 307. The molecule has 0 amide bonds. The van der Waals surface area contributed by atoms with Crippen molar-refractivity contribution in [3.63, 3.8) is 0 Å². The van der Waals surface area contributed by atoms with Crippen LogP contribution < -0.4 is 10.6 Å². The molecule has 0 aliphatic rings. The summed E-state index contributed by atoms with van der Waals surface area (Å²) in [5, 5.41) is 6.75. The molecule has 0 aromatic carbocycles. The van der Waals surface area contributed by atoms with Gasteiger partial charge in [0, 0.05) is 33.4 Å². The van der Waals surface area contributed by atoms with E-state index in [1.54, 1.807) is 7.11 Å². The second-order valence-corrected chi connectivity index (χ2v) is 7.06. The molecule has 0 fully saturated rings. The summed E-state index contributed by atoms with van der Waals surface area (Å²) in [7, 11) is 1.69. The van der Waals surface area contributed by atoms with Crippen LogP contribution in [-0.4, -0.2) is 52.5 Å². The average molecular weight is 344 g/mol. The fourth-order valence-electron chi connectivity index (χ4n) is 2.35. The van der Waals surface area contributed by atoms with E-state index in [9.17, 15) is 0 Å². The van der Waals surface area contributed by atoms with E-state index in [1.807, 2.05) is 0 Å². The number of methoxy groups -OCH3 is 1. The number of nitrogens with one attached hydrogen (secondary N) is 2. The molecule has 0 radical (unpaired) electrons. The number of ether oxygens (including phenoxy) is 2. The lowest BCUT2D eigenvalue weighted by atomic mass is 9.87. The van der Waals surface area contributed by atoms with Crippen molar-refractivity contribution in [2.75, 3.05) is 46.6 Å². The molecule has 0 bridgehead atoms. The molecule has 0 aliphatic heterocycles. The normalized spacial score (nSPS) is 12.5. The van der Waals surface area contributed by atoms with Crippen molar-refractivity contribution in [1.82, 2.24) is 10.6 Å². The minimum Gasteiger partial charge on any atom is -0.382 e. The number of guanidine groups is 1. The van der Waals surface area contributed by atoms with Gasteiger partial charge in [0.2, 0.25) is 0 Å². The van der Waals surface area contributed by atoms with Gasteiger partial charge in [0.15, 0.2) is 5.96 Å². The molecule has 0 aromatic rings. The van der Waals surface area contributed by atoms with Crippen LogP contribution in [-0.2, 0) is 9.47 Å². The fourth-order valence-corrected chi connectivity index (χ4v) is 2.35. The first-order valence-electron chi connectivity index (χ1n) is 9.64. The fraction of sp³-hybridized carbons (Fsp3) is 0.947. The van der Waals surface area contributed by atoms with Gasteiger partial charge in [-0.05, 0) is 31.6 Å². The number of hydrogen-bond acceptors (Lipinski definition) is 3. The summed E-state index contributed by atoms with van der Waals surface area (Å²) in [6, 6.07) is 0. The van der Waals surface area contributed by atoms with Crippen molar-refractivity contribution in [2.24, 2.45) is 10.4 Å². The second kappa shape index (κ2) is 15.7. The first kappa shape index (κ1) is 23.2. The quantitative estimate of drug-likeness (QED) is 0.271. The molecule has 0 spiro atoms. The Labute approximate surface area is 150 Å². The summed E-state index contributed by atoms with van der Waals surface area (Å²) in [6.07, 6.45) is 7.27. The molecule has 0 aliphatic carbocycles. The van der Waals surface area contributed by atoms with E-state index >= 15 is 0 Å². The largest absolute Gasteiger partial charge is 0.382 e. The van der Waals surface area contributed by atoms with Crippen LogP contribution in [0.15, 0.2) is 4.99 Å². The van der Waals surface area contributed by atoms with Crippen LogP contribution in [0.1, 0.15) is 66.2 Å². The minimum absolute atomic E-state index is 0.271. The Morgan fingerprint density at radius 3 is 2.42 bits per heavy atom. The first-order valence-corrected chi connectivity index (χ1v) is 9.64. The molecule has 0 unspecified atom stereocenters. The van der Waals surface area contributed by atoms with Gasteiger partial charge in [0.25, 0.3) is 0 Å². The third-order valence-corrected chi connectivity index (χ3v) is 3.91. The van der Waals surface area contributed by atoms with Crippen molar-refractivity contribution < 1.29 is 9.47 Å². The second-order valence-electron chi connectivity index (χ2n) is 7.06. The maximum absolute atomic E-state index is 5.47. The van der Waals surface area contributed by atoms with E-state index in [-0.39, 0.29) is 5.41 Å². The monoisotopic (exact) mass is 343 g/mol. The van der Waals surface area contributed by atoms with Crippen molar-refractivity contribution in [3.05, 3.63) is 0 Å². The zero-order valence-electron chi connectivity index (χ0n) is 16.7. The van der Waals surface area contributed by atoms with E-state index in [4.69, 9.17) is 14.5 Å². The van der Waals surface area contributed by atoms with Crippen LogP contribution >= 0.6 is 0 Å². The van der Waals surface area contributed by atoms with Crippen LogP contribution in [0.5, 0.6) is 0 Å². The van der Waals surface area contributed by atoms with Crippen molar-refractivity contribution in [3.8, 4) is 0 Å². The molecule has 0 aromatic heterocycles. The molecule has 5 heteroatoms. The number of unbranched alkanes of at least 4 members (excludes halogenated alkanes) is 3. The number of nitrogens with zero attached hydrogens (tertiary/aromatic N) is 1. The Hall–Kier alpha value is -0.810. The zero-order chi connectivity index (χ0) is 18.1. The standard InChI is InChI=1S/C19H41N3O2/c1-6-8-9-12-19(3,4)17-22-18(20-7-2)21-13-10-11-14-24-16-15-23-5/h6-17H2,1-5H3,(H2,20,21,22). The Morgan fingerprint density at radius 1 is 0.958 bits per heavy atom. The van der Waals surface area contributed by atoms with Crippen LogP contribution in [0, 0.1) is 5.41 Å². The van der Waals surface area contributed by atoms with Gasteiger partial charge in [0.1, 0.15) is 0 Å². The maximum atomic E-state index is 5.47. The van der Waals surface area contributed by atoms with Gasteiger partial charge in [-0.25, -0.2) is 0 Å². The number of aliphatic imine (C=N–C) groups is 1. The lowest BCUT2D eigenvalue weighted by Gasteiger charge is -2.23. The SMILES string of the molecule is CCCCCC(C)(C)CN=C(NCC)NCCCCOCCOC. The van der Waals surface area contributed by atoms with E-state index in [0.717, 1.165) is 45.0 Å². The summed E-state index contributed by atoms with van der Waals surface area (Å²) in [6.45, 7) is 13.8. The Balaban J connectivity index is 3.97. The topological polar surface area (TPSA) is 54.9 Å². The van der Waals surface area contributed by atoms with Crippen LogP contribution in [0.2, 0.25) is 0 Å². The predicted octanol–water partition coefficient (Wildman–Crippen LogP) is 3.59. The minimum atomic E-state index is 0.271.